The molecule has 1 aliphatic heterocycles. The first-order valence-corrected chi connectivity index (χ1v) is 5.05. The molecule has 0 aromatic carbocycles. The van der Waals surface area contributed by atoms with Crippen molar-refractivity contribution in [2.45, 2.75) is 24.7 Å². The Morgan fingerprint density at radius 3 is 3.23 bits per heavy atom. The summed E-state index contributed by atoms with van der Waals surface area (Å²) in [6, 6.07) is 2.18. The van der Waals surface area contributed by atoms with E-state index in [1.807, 2.05) is 6.20 Å². The van der Waals surface area contributed by atoms with Gasteiger partial charge in [-0.15, -0.1) is 0 Å². The number of hydrogen-bond acceptors (Lipinski definition) is 2. The van der Waals surface area contributed by atoms with Gasteiger partial charge in [0.2, 0.25) is 0 Å². The molecule has 0 bridgehead atoms. The monoisotopic (exact) mass is 174 g/mol. The first-order chi connectivity index (χ1) is 6.41. The van der Waals surface area contributed by atoms with Crippen LogP contribution < -0.4 is 5.32 Å². The highest BCUT2D eigenvalue weighted by Gasteiger charge is 2.40. The average Bonchev–Trinajstić information content (AvgIpc) is 2.78. The first-order valence-electron chi connectivity index (χ1n) is 5.05. The number of pyridine rings is 1. The maximum absolute atomic E-state index is 4.25. The highest BCUT2D eigenvalue weighted by atomic mass is 14.9. The summed E-state index contributed by atoms with van der Waals surface area (Å²) in [5.74, 6) is 0. The van der Waals surface area contributed by atoms with E-state index in [9.17, 15) is 0 Å². The van der Waals surface area contributed by atoms with Crippen LogP contribution in [0.2, 0.25) is 0 Å². The van der Waals surface area contributed by atoms with Crippen LogP contribution in [-0.2, 0) is 11.8 Å². The van der Waals surface area contributed by atoms with Gasteiger partial charge in [0.05, 0.1) is 0 Å². The Bertz CT molecular complexity index is 327. The normalized spacial score (nSPS) is 31.1. The van der Waals surface area contributed by atoms with Gasteiger partial charge < -0.3 is 5.32 Å². The van der Waals surface area contributed by atoms with E-state index in [0.29, 0.717) is 5.41 Å². The second-order valence-corrected chi connectivity index (χ2v) is 4.24. The molecule has 1 N–H and O–H groups in total. The second-order valence-electron chi connectivity index (χ2n) is 4.24. The first kappa shape index (κ1) is 7.51. The molecule has 0 radical (unpaired) electrons. The van der Waals surface area contributed by atoms with E-state index < -0.39 is 0 Å². The lowest BCUT2D eigenvalue weighted by Gasteiger charge is -2.22. The largest absolute Gasteiger partial charge is 0.316 e. The van der Waals surface area contributed by atoms with Crippen LogP contribution in [-0.4, -0.2) is 18.1 Å². The fraction of sp³-hybridized carbons (Fsp3) is 0.545. The second kappa shape index (κ2) is 2.55. The van der Waals surface area contributed by atoms with Crippen molar-refractivity contribution < 1.29 is 0 Å². The van der Waals surface area contributed by atoms with E-state index in [1.54, 1.807) is 0 Å². The van der Waals surface area contributed by atoms with E-state index in [-0.39, 0.29) is 0 Å². The minimum absolute atomic E-state index is 0.448. The zero-order chi connectivity index (χ0) is 8.73. The molecular weight excluding hydrogens is 160 g/mol. The van der Waals surface area contributed by atoms with Crippen LogP contribution in [0.15, 0.2) is 18.5 Å². The Morgan fingerprint density at radius 1 is 1.38 bits per heavy atom. The lowest BCUT2D eigenvalue weighted by molar-refractivity contribution is 0.467. The SMILES string of the molecule is c1cc2c(cn1)C1(CCNC1)CC2. The predicted octanol–water partition coefficient (Wildman–Crippen LogP) is 1.26. The minimum Gasteiger partial charge on any atom is -0.316 e. The maximum atomic E-state index is 4.25. The number of rotatable bonds is 0. The third kappa shape index (κ3) is 0.953. The number of nitrogens with one attached hydrogen (secondary N) is 1. The van der Waals surface area contributed by atoms with Crippen LogP contribution in [0, 0.1) is 0 Å². The highest BCUT2D eigenvalue weighted by molar-refractivity contribution is 5.38. The molecule has 1 aromatic rings. The fourth-order valence-corrected chi connectivity index (χ4v) is 2.81. The van der Waals surface area contributed by atoms with E-state index in [1.165, 1.54) is 36.9 Å². The summed E-state index contributed by atoms with van der Waals surface area (Å²) in [6.07, 6.45) is 7.86. The van der Waals surface area contributed by atoms with Gasteiger partial charge in [-0.3, -0.25) is 4.98 Å². The fourth-order valence-electron chi connectivity index (χ4n) is 2.81. The molecule has 2 nitrogen and oxygen atoms in total. The smallest absolute Gasteiger partial charge is 0.0308 e. The number of fused-ring (bicyclic) bond motifs is 2. The lowest BCUT2D eigenvalue weighted by atomic mass is 9.82. The standard InChI is InChI=1S/C11H14N2/c1-3-11(4-6-13-8-11)10-7-12-5-2-9(1)10/h2,5,7,13H,1,3-4,6,8H2. The van der Waals surface area contributed by atoms with Crippen molar-refractivity contribution in [3.8, 4) is 0 Å². The molecule has 68 valence electrons. The van der Waals surface area contributed by atoms with Crippen LogP contribution in [0.3, 0.4) is 0 Å². The van der Waals surface area contributed by atoms with Gasteiger partial charge in [0, 0.05) is 24.4 Å². The summed E-state index contributed by atoms with van der Waals surface area (Å²) in [5.41, 5.74) is 3.49. The maximum Gasteiger partial charge on any atom is 0.0308 e. The summed E-state index contributed by atoms with van der Waals surface area (Å²) in [4.78, 5) is 4.25. The molecule has 13 heavy (non-hydrogen) atoms. The average molecular weight is 174 g/mol. The van der Waals surface area contributed by atoms with Gasteiger partial charge in [0.25, 0.3) is 0 Å². The van der Waals surface area contributed by atoms with E-state index >= 15 is 0 Å². The molecule has 1 atom stereocenters. The molecule has 3 rings (SSSR count). The van der Waals surface area contributed by atoms with Crippen molar-refractivity contribution in [3.05, 3.63) is 29.6 Å². The third-order valence-corrected chi connectivity index (χ3v) is 3.60. The molecule has 1 fully saturated rings. The lowest BCUT2D eigenvalue weighted by Crippen LogP contribution is -2.25. The number of hydrogen-bond donors (Lipinski definition) is 1. The van der Waals surface area contributed by atoms with Crippen LogP contribution in [0.25, 0.3) is 0 Å². The number of nitrogens with zero attached hydrogens (tertiary/aromatic N) is 1. The van der Waals surface area contributed by atoms with Crippen molar-refractivity contribution in [2.75, 3.05) is 13.1 Å². The Balaban J connectivity index is 2.11. The zero-order valence-electron chi connectivity index (χ0n) is 7.71. The minimum atomic E-state index is 0.448. The Hall–Kier alpha value is -0.890. The molecule has 1 saturated heterocycles. The Labute approximate surface area is 78.4 Å². The van der Waals surface area contributed by atoms with Gasteiger partial charge >= 0.3 is 0 Å². The van der Waals surface area contributed by atoms with Crippen molar-refractivity contribution in [1.82, 2.24) is 10.3 Å². The van der Waals surface area contributed by atoms with Crippen molar-refractivity contribution >= 4 is 0 Å². The molecule has 0 saturated carbocycles. The van der Waals surface area contributed by atoms with E-state index in [4.69, 9.17) is 0 Å². The van der Waals surface area contributed by atoms with Crippen molar-refractivity contribution in [2.24, 2.45) is 0 Å². The Kier molecular flexibility index (Phi) is 1.47. The van der Waals surface area contributed by atoms with E-state index in [2.05, 4.69) is 22.6 Å². The van der Waals surface area contributed by atoms with Gasteiger partial charge in [0.15, 0.2) is 0 Å². The molecule has 2 heteroatoms. The summed E-state index contributed by atoms with van der Waals surface area (Å²) in [7, 11) is 0. The van der Waals surface area contributed by atoms with Gasteiger partial charge in [0.1, 0.15) is 0 Å². The van der Waals surface area contributed by atoms with Crippen LogP contribution >= 0.6 is 0 Å². The molecule has 1 aromatic heterocycles. The molecule has 2 heterocycles. The van der Waals surface area contributed by atoms with Gasteiger partial charge in [-0.25, -0.2) is 0 Å². The van der Waals surface area contributed by atoms with Gasteiger partial charge in [-0.2, -0.15) is 0 Å². The summed E-state index contributed by atoms with van der Waals surface area (Å²) >= 11 is 0. The van der Waals surface area contributed by atoms with Crippen molar-refractivity contribution in [3.63, 3.8) is 0 Å². The quantitative estimate of drug-likeness (QED) is 0.640. The van der Waals surface area contributed by atoms with E-state index in [0.717, 1.165) is 6.54 Å². The third-order valence-electron chi connectivity index (χ3n) is 3.60. The molecule has 1 aliphatic carbocycles. The van der Waals surface area contributed by atoms with Crippen LogP contribution in [0.1, 0.15) is 24.0 Å². The van der Waals surface area contributed by atoms with Gasteiger partial charge in [-0.1, -0.05) is 0 Å². The number of aryl methyl sites for hydroxylation is 1. The highest BCUT2D eigenvalue weighted by Crippen LogP contribution is 2.42. The van der Waals surface area contributed by atoms with Gasteiger partial charge in [-0.05, 0) is 43.0 Å². The molecule has 0 amide bonds. The molecular formula is C11H14N2. The van der Waals surface area contributed by atoms with Crippen LogP contribution in [0.5, 0.6) is 0 Å². The predicted molar refractivity (Wildman–Crippen MR) is 51.7 cm³/mol. The molecule has 1 unspecified atom stereocenters. The molecule has 2 aliphatic rings. The Morgan fingerprint density at radius 2 is 2.38 bits per heavy atom. The summed E-state index contributed by atoms with van der Waals surface area (Å²) in [6.45, 7) is 2.33. The zero-order valence-corrected chi connectivity index (χ0v) is 7.71. The van der Waals surface area contributed by atoms with Crippen LogP contribution in [0.4, 0.5) is 0 Å². The van der Waals surface area contributed by atoms with Crippen molar-refractivity contribution in [1.29, 1.82) is 0 Å². The summed E-state index contributed by atoms with van der Waals surface area (Å²) in [5, 5.41) is 3.47. The number of aromatic nitrogens is 1. The molecule has 1 spiro atoms. The topological polar surface area (TPSA) is 24.9 Å². The summed E-state index contributed by atoms with van der Waals surface area (Å²) < 4.78 is 0.